The lowest BCUT2D eigenvalue weighted by Gasteiger charge is -2.40. The summed E-state index contributed by atoms with van der Waals surface area (Å²) in [5.41, 5.74) is 7.94. The number of nitrogens with two attached hydrogens (primary N) is 1. The second-order valence-electron chi connectivity index (χ2n) is 4.63. The lowest BCUT2D eigenvalue weighted by atomic mass is 10.00. The maximum atomic E-state index is 11.0. The van der Waals surface area contributed by atoms with Crippen molar-refractivity contribution < 1.29 is 9.53 Å². The molecule has 4 N–H and O–H groups in total. The van der Waals surface area contributed by atoms with Gasteiger partial charge in [0.15, 0.2) is 0 Å². The predicted octanol–water partition coefficient (Wildman–Crippen LogP) is 1.43. The topological polar surface area (TPSA) is 76.4 Å². The van der Waals surface area contributed by atoms with Crippen LogP contribution in [0.3, 0.4) is 0 Å². The van der Waals surface area contributed by atoms with Gasteiger partial charge in [-0.05, 0) is 19.1 Å². The van der Waals surface area contributed by atoms with Crippen LogP contribution in [0.5, 0.6) is 0 Å². The summed E-state index contributed by atoms with van der Waals surface area (Å²) in [4.78, 5) is 11.0. The van der Waals surface area contributed by atoms with Gasteiger partial charge in [-0.3, -0.25) is 4.79 Å². The Balaban J connectivity index is 2.19. The second-order valence-corrected chi connectivity index (χ2v) is 4.63. The molecule has 1 aromatic rings. The third kappa shape index (κ3) is 2.50. The fourth-order valence-corrected chi connectivity index (χ4v) is 1.78. The minimum Gasteiger partial charge on any atom is -0.395 e. The highest BCUT2D eigenvalue weighted by atomic mass is 16.5. The number of benzene rings is 1. The van der Waals surface area contributed by atoms with Crippen molar-refractivity contribution in [2.45, 2.75) is 19.4 Å². The largest absolute Gasteiger partial charge is 0.395 e. The molecule has 5 heteroatoms. The molecule has 5 nitrogen and oxygen atoms in total. The highest BCUT2D eigenvalue weighted by molar-refractivity contribution is 5.95. The van der Waals surface area contributed by atoms with Crippen molar-refractivity contribution >= 4 is 23.0 Å². The molecule has 0 aromatic heterocycles. The first-order chi connectivity index (χ1) is 8.00. The fraction of sp³-hybridized carbons (Fsp3) is 0.417. The predicted molar refractivity (Wildman–Crippen MR) is 68.0 cm³/mol. The van der Waals surface area contributed by atoms with Crippen molar-refractivity contribution in [3.63, 3.8) is 0 Å². The maximum Gasteiger partial charge on any atom is 0.221 e. The molecule has 1 saturated heterocycles. The minimum atomic E-state index is -0.132. The summed E-state index contributed by atoms with van der Waals surface area (Å²) >= 11 is 0. The molecule has 1 aliphatic rings. The number of amides is 1. The van der Waals surface area contributed by atoms with Crippen LogP contribution < -0.4 is 16.4 Å². The van der Waals surface area contributed by atoms with Crippen LogP contribution in [0.2, 0.25) is 0 Å². The van der Waals surface area contributed by atoms with E-state index in [1.54, 1.807) is 6.07 Å². The molecule has 0 unspecified atom stereocenters. The van der Waals surface area contributed by atoms with Crippen molar-refractivity contribution in [2.24, 2.45) is 0 Å². The Hall–Kier alpha value is -1.75. The zero-order valence-electron chi connectivity index (χ0n) is 10.0. The SMILES string of the molecule is CC(=O)Nc1cccc(NC2(C)COC2)c1N. The molecule has 0 radical (unpaired) electrons. The number of carbonyl (C=O) groups is 1. The molecule has 2 rings (SSSR count). The normalized spacial score (nSPS) is 17.1. The summed E-state index contributed by atoms with van der Waals surface area (Å²) in [5.74, 6) is -0.132. The van der Waals surface area contributed by atoms with Gasteiger partial charge < -0.3 is 21.1 Å². The molecule has 0 aliphatic carbocycles. The Morgan fingerprint density at radius 3 is 2.59 bits per heavy atom. The summed E-state index contributed by atoms with van der Waals surface area (Å²) in [7, 11) is 0. The molecule has 0 saturated carbocycles. The van der Waals surface area contributed by atoms with Crippen LogP contribution in [-0.2, 0) is 9.53 Å². The Bertz CT molecular complexity index is 441. The van der Waals surface area contributed by atoms with E-state index in [0.29, 0.717) is 24.6 Å². The highest BCUT2D eigenvalue weighted by Crippen LogP contribution is 2.31. The number of rotatable bonds is 3. The van der Waals surface area contributed by atoms with Crippen LogP contribution in [0.25, 0.3) is 0 Å². The smallest absolute Gasteiger partial charge is 0.221 e. The summed E-state index contributed by atoms with van der Waals surface area (Å²) in [6, 6.07) is 5.53. The van der Waals surface area contributed by atoms with Crippen LogP contribution >= 0.6 is 0 Å². The second kappa shape index (κ2) is 4.25. The van der Waals surface area contributed by atoms with Gasteiger partial charge in [-0.25, -0.2) is 0 Å². The molecule has 1 heterocycles. The van der Waals surface area contributed by atoms with E-state index in [4.69, 9.17) is 10.5 Å². The maximum absolute atomic E-state index is 11.0. The van der Waals surface area contributed by atoms with Crippen molar-refractivity contribution in [3.8, 4) is 0 Å². The third-order valence-electron chi connectivity index (χ3n) is 2.69. The average Bonchev–Trinajstić information content (AvgIpc) is 2.21. The molecule has 1 amide bonds. The average molecular weight is 235 g/mol. The van der Waals surface area contributed by atoms with Crippen LogP contribution in [-0.4, -0.2) is 24.7 Å². The summed E-state index contributed by atoms with van der Waals surface area (Å²) < 4.78 is 5.17. The first-order valence-electron chi connectivity index (χ1n) is 5.52. The fourth-order valence-electron chi connectivity index (χ4n) is 1.78. The number of para-hydroxylation sites is 1. The van der Waals surface area contributed by atoms with Gasteiger partial charge in [-0.15, -0.1) is 0 Å². The van der Waals surface area contributed by atoms with Crippen molar-refractivity contribution in [1.29, 1.82) is 0 Å². The van der Waals surface area contributed by atoms with Gasteiger partial charge in [-0.2, -0.15) is 0 Å². The molecule has 1 aromatic carbocycles. The molecule has 1 fully saturated rings. The van der Waals surface area contributed by atoms with Gasteiger partial charge in [0.05, 0.1) is 35.8 Å². The Labute approximate surface area is 100 Å². The monoisotopic (exact) mass is 235 g/mol. The lowest BCUT2D eigenvalue weighted by Crippen LogP contribution is -2.53. The zero-order chi connectivity index (χ0) is 12.5. The number of carbonyl (C=O) groups excluding carboxylic acids is 1. The van der Waals surface area contributed by atoms with Gasteiger partial charge in [0, 0.05) is 6.92 Å². The van der Waals surface area contributed by atoms with E-state index >= 15 is 0 Å². The molecular weight excluding hydrogens is 218 g/mol. The van der Waals surface area contributed by atoms with Crippen LogP contribution in [0.1, 0.15) is 13.8 Å². The molecule has 92 valence electrons. The van der Waals surface area contributed by atoms with Gasteiger partial charge >= 0.3 is 0 Å². The molecule has 0 atom stereocenters. The van der Waals surface area contributed by atoms with Crippen LogP contribution in [0, 0.1) is 0 Å². The van der Waals surface area contributed by atoms with Gasteiger partial charge in [0.2, 0.25) is 5.91 Å². The number of nitrogens with one attached hydrogen (secondary N) is 2. The van der Waals surface area contributed by atoms with Crippen molar-refractivity contribution in [2.75, 3.05) is 29.6 Å². The number of nitrogen functional groups attached to an aromatic ring is 1. The summed E-state index contributed by atoms with van der Waals surface area (Å²) in [6.07, 6.45) is 0. The Kier molecular flexibility index (Phi) is 2.93. The minimum absolute atomic E-state index is 0.0665. The van der Waals surface area contributed by atoms with Crippen LogP contribution in [0.4, 0.5) is 17.1 Å². The van der Waals surface area contributed by atoms with Gasteiger partial charge in [0.1, 0.15) is 0 Å². The van der Waals surface area contributed by atoms with E-state index in [2.05, 4.69) is 17.6 Å². The standard InChI is InChI=1S/C12H17N3O2/c1-8(16)14-9-4-3-5-10(11(9)13)15-12(2)6-17-7-12/h3-5,15H,6-7,13H2,1-2H3,(H,14,16). The van der Waals surface area contributed by atoms with E-state index < -0.39 is 0 Å². The first-order valence-corrected chi connectivity index (χ1v) is 5.52. The van der Waals surface area contributed by atoms with Crippen molar-refractivity contribution in [1.82, 2.24) is 0 Å². The highest BCUT2D eigenvalue weighted by Gasteiger charge is 2.33. The van der Waals surface area contributed by atoms with Gasteiger partial charge in [-0.1, -0.05) is 6.07 Å². The molecule has 1 aliphatic heterocycles. The van der Waals surface area contributed by atoms with E-state index in [0.717, 1.165) is 5.69 Å². The van der Waals surface area contributed by atoms with E-state index in [1.165, 1.54) is 6.92 Å². The third-order valence-corrected chi connectivity index (χ3v) is 2.69. The zero-order valence-corrected chi connectivity index (χ0v) is 10.0. The molecule has 0 bridgehead atoms. The first kappa shape index (κ1) is 11.7. The quantitative estimate of drug-likeness (QED) is 0.693. The van der Waals surface area contributed by atoms with E-state index in [9.17, 15) is 4.79 Å². The molecule has 17 heavy (non-hydrogen) atoms. The summed E-state index contributed by atoms with van der Waals surface area (Å²) in [5, 5.41) is 6.04. The lowest BCUT2D eigenvalue weighted by molar-refractivity contribution is -0.114. The molecular formula is C12H17N3O2. The summed E-state index contributed by atoms with van der Waals surface area (Å²) in [6.45, 7) is 4.86. The van der Waals surface area contributed by atoms with Crippen LogP contribution in [0.15, 0.2) is 18.2 Å². The number of anilines is 3. The van der Waals surface area contributed by atoms with E-state index in [1.807, 2.05) is 12.1 Å². The Morgan fingerprint density at radius 1 is 1.41 bits per heavy atom. The number of ether oxygens (including phenoxy) is 1. The number of hydrogen-bond acceptors (Lipinski definition) is 4. The Morgan fingerprint density at radius 2 is 2.06 bits per heavy atom. The van der Waals surface area contributed by atoms with Gasteiger partial charge in [0.25, 0.3) is 0 Å². The van der Waals surface area contributed by atoms with E-state index in [-0.39, 0.29) is 11.4 Å². The molecule has 0 spiro atoms. The van der Waals surface area contributed by atoms with Crippen molar-refractivity contribution in [3.05, 3.63) is 18.2 Å². The number of hydrogen-bond donors (Lipinski definition) is 3.